The van der Waals surface area contributed by atoms with Gasteiger partial charge in [0.1, 0.15) is 23.7 Å². The molecule has 0 aromatic heterocycles. The molecule has 2 fully saturated rings. The number of fused-ring (bicyclic) bond motifs is 1. The number of benzene rings is 1. The maximum absolute atomic E-state index is 14.4. The molecule has 9 nitrogen and oxygen atoms in total. The van der Waals surface area contributed by atoms with Crippen LogP contribution in [-0.2, 0) is 25.5 Å². The van der Waals surface area contributed by atoms with Gasteiger partial charge in [-0.25, -0.2) is 4.79 Å². The van der Waals surface area contributed by atoms with E-state index >= 15 is 0 Å². The quantitative estimate of drug-likeness (QED) is 0.433. The van der Waals surface area contributed by atoms with E-state index < -0.39 is 35.7 Å². The molecule has 1 saturated heterocycles. The van der Waals surface area contributed by atoms with E-state index in [-0.39, 0.29) is 29.7 Å². The number of amides is 4. The zero-order valence-corrected chi connectivity index (χ0v) is 27.0. The number of carbonyl (C=O) groups is 4. The summed E-state index contributed by atoms with van der Waals surface area (Å²) in [5.74, 6) is -0.495. The van der Waals surface area contributed by atoms with Gasteiger partial charge in [-0.15, -0.1) is 0 Å². The molecule has 0 radical (unpaired) electrons. The molecule has 1 saturated carbocycles. The van der Waals surface area contributed by atoms with Gasteiger partial charge in [0.15, 0.2) is 0 Å². The first-order chi connectivity index (χ1) is 20.4. The molecule has 238 valence electrons. The molecular formula is C34H52N4O5. The van der Waals surface area contributed by atoms with Crippen LogP contribution in [0.1, 0.15) is 110 Å². The third-order valence-electron chi connectivity index (χ3n) is 9.56. The van der Waals surface area contributed by atoms with Crippen LogP contribution >= 0.6 is 0 Å². The number of carbonyl (C=O) groups excluding carboxylic acids is 4. The van der Waals surface area contributed by atoms with Gasteiger partial charge in [-0.3, -0.25) is 19.3 Å². The lowest BCUT2D eigenvalue weighted by atomic mass is 9.83. The number of hydrogen-bond donors (Lipinski definition) is 2. The molecule has 5 atom stereocenters. The summed E-state index contributed by atoms with van der Waals surface area (Å²) in [5.41, 5.74) is 1.75. The van der Waals surface area contributed by atoms with Gasteiger partial charge in [0.05, 0.1) is 6.04 Å². The summed E-state index contributed by atoms with van der Waals surface area (Å²) in [6, 6.07) is 6.06. The van der Waals surface area contributed by atoms with E-state index in [0.717, 1.165) is 57.8 Å². The van der Waals surface area contributed by atoms with Crippen LogP contribution in [0.15, 0.2) is 24.3 Å². The third kappa shape index (κ3) is 8.09. The average Bonchev–Trinajstić information content (AvgIpc) is 3.43. The number of aryl methyl sites for hydroxylation is 1. The number of ether oxygens (including phenoxy) is 1. The highest BCUT2D eigenvalue weighted by atomic mass is 16.6. The maximum atomic E-state index is 14.4. The summed E-state index contributed by atoms with van der Waals surface area (Å²) in [5, 5.41) is 6.33. The number of rotatable bonds is 8. The topological polar surface area (TPSA) is 108 Å². The van der Waals surface area contributed by atoms with Gasteiger partial charge in [0.2, 0.25) is 17.7 Å². The molecule has 1 aromatic carbocycles. The standard InChI is InChI=1S/C34H52N4O5/c1-7-23-20-28(31(40)35-27-19-13-17-24-14-11-12-18-26(24)27)38(21-23)32(41)29(25-15-9-8-10-16-25)36-30(39)22(2)37(6)33(42)43-34(3,4)5/h11-12,14,18,22-23,25,27-29H,7-10,13,15-17,19-21H2,1-6H3,(H,35,40)(H,36,39)/t22-,23-,27+,28-,29-/m0/s1. The van der Waals surface area contributed by atoms with Crippen LogP contribution in [0.3, 0.4) is 0 Å². The molecule has 2 aliphatic carbocycles. The Bertz CT molecular complexity index is 1160. The smallest absolute Gasteiger partial charge is 0.410 e. The highest BCUT2D eigenvalue weighted by Crippen LogP contribution is 2.34. The lowest BCUT2D eigenvalue weighted by molar-refractivity contribution is -0.143. The number of nitrogens with one attached hydrogen (secondary N) is 2. The second-order valence-electron chi connectivity index (χ2n) is 13.8. The van der Waals surface area contributed by atoms with E-state index in [1.807, 2.05) is 12.1 Å². The van der Waals surface area contributed by atoms with E-state index in [2.05, 4.69) is 29.7 Å². The van der Waals surface area contributed by atoms with Crippen LogP contribution in [-0.4, -0.2) is 70.9 Å². The first kappa shape index (κ1) is 32.8. The van der Waals surface area contributed by atoms with Gasteiger partial charge in [0.25, 0.3) is 0 Å². The summed E-state index contributed by atoms with van der Waals surface area (Å²) < 4.78 is 5.46. The Kier molecular flexibility index (Phi) is 10.8. The van der Waals surface area contributed by atoms with Crippen LogP contribution in [0.2, 0.25) is 0 Å². The van der Waals surface area contributed by atoms with E-state index in [9.17, 15) is 19.2 Å². The van der Waals surface area contributed by atoms with Gasteiger partial charge >= 0.3 is 6.09 Å². The largest absolute Gasteiger partial charge is 0.444 e. The molecule has 2 N–H and O–H groups in total. The average molecular weight is 597 g/mol. The zero-order valence-electron chi connectivity index (χ0n) is 27.0. The lowest BCUT2D eigenvalue weighted by Crippen LogP contribution is -2.59. The Balaban J connectivity index is 1.52. The molecule has 1 aromatic rings. The Morgan fingerprint density at radius 1 is 1.05 bits per heavy atom. The molecule has 3 aliphatic rings. The summed E-state index contributed by atoms with van der Waals surface area (Å²) in [6.45, 7) is 9.57. The van der Waals surface area contributed by atoms with E-state index in [1.54, 1.807) is 32.6 Å². The van der Waals surface area contributed by atoms with Crippen molar-refractivity contribution in [1.29, 1.82) is 0 Å². The number of hydrogen-bond acceptors (Lipinski definition) is 5. The SMILES string of the molecule is CC[C@H]1C[C@@H](C(=O)N[C@@H]2CCCc3ccccc32)N(C(=O)[C@@H](NC(=O)[C@H](C)N(C)C(=O)OC(C)(C)C)C2CCCCC2)C1. The van der Waals surface area contributed by atoms with Gasteiger partial charge in [-0.1, -0.05) is 56.9 Å². The van der Waals surface area contributed by atoms with Crippen molar-refractivity contribution in [2.75, 3.05) is 13.6 Å². The van der Waals surface area contributed by atoms with Crippen LogP contribution < -0.4 is 10.6 Å². The molecule has 4 amide bonds. The Hall–Kier alpha value is -3.10. The number of nitrogens with zero attached hydrogens (tertiary/aromatic N) is 2. The van der Waals surface area contributed by atoms with E-state index in [1.165, 1.54) is 23.1 Å². The monoisotopic (exact) mass is 596 g/mol. The Labute approximate surface area is 257 Å². The van der Waals surface area contributed by atoms with Crippen LogP contribution in [0, 0.1) is 11.8 Å². The maximum Gasteiger partial charge on any atom is 0.410 e. The second-order valence-corrected chi connectivity index (χ2v) is 13.8. The van der Waals surface area contributed by atoms with Gasteiger partial charge in [-0.2, -0.15) is 0 Å². The summed E-state index contributed by atoms with van der Waals surface area (Å²) in [7, 11) is 1.53. The van der Waals surface area contributed by atoms with Crippen molar-refractivity contribution < 1.29 is 23.9 Å². The van der Waals surface area contributed by atoms with Gasteiger partial charge in [0, 0.05) is 13.6 Å². The minimum atomic E-state index is -0.832. The summed E-state index contributed by atoms with van der Waals surface area (Å²) in [4.78, 5) is 57.4. The Morgan fingerprint density at radius 3 is 2.42 bits per heavy atom. The predicted octanol–water partition coefficient (Wildman–Crippen LogP) is 5.13. The number of likely N-dealkylation sites (tertiary alicyclic amines) is 1. The van der Waals surface area contributed by atoms with Gasteiger partial charge in [-0.05, 0) is 89.2 Å². The normalized spacial score (nSPS) is 24.0. The minimum Gasteiger partial charge on any atom is -0.444 e. The molecule has 0 spiro atoms. The first-order valence-electron chi connectivity index (χ1n) is 16.3. The second kappa shape index (κ2) is 14.1. The molecule has 1 heterocycles. The van der Waals surface area contributed by atoms with Crippen LogP contribution in [0.25, 0.3) is 0 Å². The van der Waals surface area contributed by atoms with Gasteiger partial charge < -0.3 is 20.3 Å². The molecular weight excluding hydrogens is 544 g/mol. The molecule has 0 bridgehead atoms. The van der Waals surface area contributed by atoms with Crippen molar-refractivity contribution in [1.82, 2.24) is 20.4 Å². The predicted molar refractivity (Wildman–Crippen MR) is 166 cm³/mol. The van der Waals surface area contributed by atoms with Crippen molar-refractivity contribution >= 4 is 23.8 Å². The fourth-order valence-electron chi connectivity index (χ4n) is 6.85. The first-order valence-corrected chi connectivity index (χ1v) is 16.3. The summed E-state index contributed by atoms with van der Waals surface area (Å²) >= 11 is 0. The van der Waals surface area contributed by atoms with Crippen LogP contribution in [0.5, 0.6) is 0 Å². The van der Waals surface area contributed by atoms with Crippen molar-refractivity contribution in [3.63, 3.8) is 0 Å². The van der Waals surface area contributed by atoms with Crippen molar-refractivity contribution in [2.24, 2.45) is 11.8 Å². The molecule has 0 unspecified atom stereocenters. The van der Waals surface area contributed by atoms with Crippen molar-refractivity contribution in [3.8, 4) is 0 Å². The number of likely N-dealkylation sites (N-methyl/N-ethyl adjacent to an activating group) is 1. The van der Waals surface area contributed by atoms with Crippen LogP contribution in [0.4, 0.5) is 4.79 Å². The van der Waals surface area contributed by atoms with Crippen molar-refractivity contribution in [3.05, 3.63) is 35.4 Å². The lowest BCUT2D eigenvalue weighted by Gasteiger charge is -2.36. The van der Waals surface area contributed by atoms with E-state index in [4.69, 9.17) is 4.74 Å². The summed E-state index contributed by atoms with van der Waals surface area (Å²) in [6.07, 6.45) is 8.59. The van der Waals surface area contributed by atoms with E-state index in [0.29, 0.717) is 13.0 Å². The Morgan fingerprint density at radius 2 is 1.74 bits per heavy atom. The fourth-order valence-corrected chi connectivity index (χ4v) is 6.85. The third-order valence-corrected chi connectivity index (χ3v) is 9.56. The highest BCUT2D eigenvalue weighted by molar-refractivity contribution is 5.94. The fraction of sp³-hybridized carbons (Fsp3) is 0.706. The molecule has 9 heteroatoms. The molecule has 43 heavy (non-hydrogen) atoms. The molecule has 1 aliphatic heterocycles. The minimum absolute atomic E-state index is 0.0150. The molecule has 4 rings (SSSR count). The zero-order chi connectivity index (χ0) is 31.3. The van der Waals surface area contributed by atoms with Crippen molar-refractivity contribution in [2.45, 2.75) is 129 Å². The highest BCUT2D eigenvalue weighted by Gasteiger charge is 2.44.